The maximum absolute atomic E-state index is 11.4. The molecular weight excluding hydrogens is 340 g/mol. The number of benzene rings is 1. The van der Waals surface area contributed by atoms with Gasteiger partial charge in [-0.1, -0.05) is 55.1 Å². The lowest BCUT2D eigenvalue weighted by molar-refractivity contribution is 0.101. The van der Waals surface area contributed by atoms with Crippen LogP contribution in [0.1, 0.15) is 36.7 Å². The van der Waals surface area contributed by atoms with Crippen molar-refractivity contribution in [2.45, 2.75) is 27.3 Å². The molecule has 0 saturated carbocycles. The van der Waals surface area contributed by atoms with Crippen molar-refractivity contribution in [2.75, 3.05) is 27.2 Å². The highest BCUT2D eigenvalue weighted by molar-refractivity contribution is 5.94. The predicted molar refractivity (Wildman–Crippen MR) is 114 cm³/mol. The summed E-state index contributed by atoms with van der Waals surface area (Å²) in [5.41, 5.74) is 2.61. The highest BCUT2D eigenvalue weighted by Crippen LogP contribution is 2.04. The van der Waals surface area contributed by atoms with Crippen molar-refractivity contribution in [1.29, 1.82) is 0 Å². The van der Waals surface area contributed by atoms with E-state index in [0.717, 1.165) is 11.1 Å². The molecule has 0 spiro atoms. The van der Waals surface area contributed by atoms with Crippen LogP contribution in [0.2, 0.25) is 0 Å². The van der Waals surface area contributed by atoms with Gasteiger partial charge in [-0.05, 0) is 40.4 Å². The fraction of sp³-hybridized carbons (Fsp3) is 0.364. The maximum atomic E-state index is 11.4. The summed E-state index contributed by atoms with van der Waals surface area (Å²) in [5, 5.41) is 2.66. The molecule has 0 heterocycles. The van der Waals surface area contributed by atoms with E-state index >= 15 is 0 Å². The molecule has 0 saturated heterocycles. The number of likely N-dealkylation sites (N-methyl/N-ethyl adjacent to an activating group) is 1. The van der Waals surface area contributed by atoms with Gasteiger partial charge in [0.25, 0.3) is 0 Å². The number of hydrogen-bond acceptors (Lipinski definition) is 4. The average Bonchev–Trinajstić information content (AvgIpc) is 2.61. The molecule has 5 heteroatoms. The Morgan fingerprint density at radius 1 is 1.15 bits per heavy atom. The van der Waals surface area contributed by atoms with Crippen LogP contribution in [0.4, 0.5) is 4.79 Å². The van der Waals surface area contributed by atoms with E-state index in [1.165, 1.54) is 6.92 Å². The zero-order chi connectivity index (χ0) is 21.2. The first-order valence-electron chi connectivity index (χ1n) is 8.68. The van der Waals surface area contributed by atoms with Crippen molar-refractivity contribution < 1.29 is 14.3 Å². The van der Waals surface area contributed by atoms with E-state index in [1.54, 1.807) is 24.3 Å². The van der Waals surface area contributed by atoms with E-state index in [0.29, 0.717) is 25.3 Å². The third kappa shape index (κ3) is 17.9. The predicted octanol–water partition coefficient (Wildman–Crippen LogP) is 4.62. The highest BCUT2D eigenvalue weighted by Gasteiger charge is 2.03. The number of carbonyl (C=O) groups excluding carboxylic acids is 2. The number of carbonyl (C=O) groups is 2. The van der Waals surface area contributed by atoms with Gasteiger partial charge in [0, 0.05) is 18.7 Å². The van der Waals surface area contributed by atoms with Crippen molar-refractivity contribution in [3.8, 4) is 0 Å². The van der Waals surface area contributed by atoms with Crippen LogP contribution in [0.25, 0.3) is 0 Å². The molecule has 1 aromatic carbocycles. The number of ketones is 1. The molecule has 5 nitrogen and oxygen atoms in total. The Labute approximate surface area is 164 Å². The first-order chi connectivity index (χ1) is 12.7. The molecule has 0 aromatic heterocycles. The fourth-order valence-corrected chi connectivity index (χ4v) is 1.40. The molecule has 0 fully saturated rings. The van der Waals surface area contributed by atoms with Crippen molar-refractivity contribution in [2.24, 2.45) is 0 Å². The van der Waals surface area contributed by atoms with Gasteiger partial charge >= 0.3 is 6.09 Å². The minimum atomic E-state index is -0.433. The van der Waals surface area contributed by atoms with Gasteiger partial charge in [-0.2, -0.15) is 0 Å². The Bertz CT molecular complexity index is 590. The Balaban J connectivity index is 0. The van der Waals surface area contributed by atoms with Crippen LogP contribution in [-0.2, 0) is 11.3 Å². The van der Waals surface area contributed by atoms with Gasteiger partial charge in [-0.3, -0.25) is 4.79 Å². The quantitative estimate of drug-likeness (QED) is 0.430. The van der Waals surface area contributed by atoms with Crippen molar-refractivity contribution >= 4 is 11.9 Å². The molecule has 0 unspecified atom stereocenters. The summed E-state index contributed by atoms with van der Waals surface area (Å²) < 4.78 is 4.99. The van der Waals surface area contributed by atoms with Crippen LogP contribution in [0, 0.1) is 0 Å². The Kier molecular flexibility index (Phi) is 16.5. The number of rotatable bonds is 7. The Hall–Kier alpha value is -2.66. The summed E-state index contributed by atoms with van der Waals surface area (Å²) in [6.45, 7) is 17.1. The van der Waals surface area contributed by atoms with Gasteiger partial charge in [-0.15, -0.1) is 6.58 Å². The monoisotopic (exact) mass is 374 g/mol. The molecule has 1 amide bonds. The molecule has 0 bridgehead atoms. The van der Waals surface area contributed by atoms with Crippen LogP contribution >= 0.6 is 0 Å². The van der Waals surface area contributed by atoms with Crippen LogP contribution in [0.15, 0.2) is 61.7 Å². The van der Waals surface area contributed by atoms with Crippen LogP contribution in [0.5, 0.6) is 0 Å². The number of hydrogen-bond donors (Lipinski definition) is 1. The Morgan fingerprint density at radius 3 is 2.00 bits per heavy atom. The normalized spacial score (nSPS) is 8.96. The topological polar surface area (TPSA) is 58.6 Å². The molecule has 0 atom stereocenters. The van der Waals surface area contributed by atoms with E-state index in [2.05, 4.69) is 25.1 Å². The van der Waals surface area contributed by atoms with Gasteiger partial charge in [0.2, 0.25) is 0 Å². The molecule has 1 aromatic rings. The summed E-state index contributed by atoms with van der Waals surface area (Å²) in [5.74, 6) is 0.0302. The number of amides is 1. The van der Waals surface area contributed by atoms with Crippen LogP contribution < -0.4 is 5.32 Å². The fourth-order valence-electron chi connectivity index (χ4n) is 1.40. The molecule has 27 heavy (non-hydrogen) atoms. The number of nitrogens with one attached hydrogen (secondary N) is 1. The lowest BCUT2D eigenvalue weighted by Crippen LogP contribution is -2.27. The first kappa shape index (κ1) is 26.6. The van der Waals surface area contributed by atoms with Crippen molar-refractivity contribution in [3.05, 3.63) is 72.9 Å². The van der Waals surface area contributed by atoms with Crippen molar-refractivity contribution in [1.82, 2.24) is 10.2 Å². The summed E-state index contributed by atoms with van der Waals surface area (Å²) in [6, 6.07) is 7.13. The van der Waals surface area contributed by atoms with E-state index in [4.69, 9.17) is 4.74 Å². The van der Waals surface area contributed by atoms with Crippen LogP contribution in [0.3, 0.4) is 0 Å². The smallest absolute Gasteiger partial charge is 0.407 e. The minimum Gasteiger partial charge on any atom is -0.448 e. The van der Waals surface area contributed by atoms with Gasteiger partial charge in [0.15, 0.2) is 5.78 Å². The third-order valence-electron chi connectivity index (χ3n) is 2.92. The van der Waals surface area contributed by atoms with Crippen LogP contribution in [-0.4, -0.2) is 44.0 Å². The summed E-state index contributed by atoms with van der Waals surface area (Å²) in [6.07, 6.45) is 3.04. The minimum absolute atomic E-state index is 0.0302. The van der Waals surface area contributed by atoms with Gasteiger partial charge < -0.3 is 15.0 Å². The van der Waals surface area contributed by atoms with Crippen molar-refractivity contribution in [3.63, 3.8) is 0 Å². The number of ether oxygens (including phenoxy) is 1. The summed E-state index contributed by atoms with van der Waals surface area (Å²) in [7, 11) is 3.83. The summed E-state index contributed by atoms with van der Waals surface area (Å²) in [4.78, 5) is 24.4. The van der Waals surface area contributed by atoms with E-state index in [9.17, 15) is 9.59 Å². The number of allylic oxidation sites excluding steroid dienone is 3. The molecule has 1 rings (SSSR count). The highest BCUT2D eigenvalue weighted by atomic mass is 16.5. The average molecular weight is 375 g/mol. The maximum Gasteiger partial charge on any atom is 0.407 e. The standard InChI is InChI=1S/C14H20N2O3.C5H8.C3H6/c1-11(17)13-6-4-12(5-7-13)10-15-14(18)19-9-8-16(2)3;1-4-5(2)3;1-3-2/h4-7H,8-10H2,1-3H3,(H,15,18);4H,1-2H2,3H3;3H,1H2,2H3. The van der Waals surface area contributed by atoms with Gasteiger partial charge in [0.05, 0.1) is 0 Å². The second-order valence-corrected chi connectivity index (χ2v) is 6.00. The molecule has 0 aliphatic carbocycles. The molecule has 1 N–H and O–H groups in total. The molecular formula is C22H34N2O3. The van der Waals surface area contributed by atoms with E-state index < -0.39 is 6.09 Å². The van der Waals surface area contributed by atoms with Gasteiger partial charge in [-0.25, -0.2) is 4.79 Å². The number of nitrogens with zero attached hydrogens (tertiary/aromatic N) is 1. The number of Topliss-reactive ketones (excluding diaryl/α,β-unsaturated/α-hetero) is 1. The van der Waals surface area contributed by atoms with E-state index in [1.807, 2.05) is 45.0 Å². The van der Waals surface area contributed by atoms with Gasteiger partial charge in [0.1, 0.15) is 6.61 Å². The third-order valence-corrected chi connectivity index (χ3v) is 2.92. The molecule has 0 aliphatic heterocycles. The molecule has 0 aliphatic rings. The molecule has 150 valence electrons. The zero-order valence-corrected chi connectivity index (χ0v) is 17.4. The lowest BCUT2D eigenvalue weighted by Gasteiger charge is -2.10. The zero-order valence-electron chi connectivity index (χ0n) is 17.4. The first-order valence-corrected chi connectivity index (χ1v) is 8.68. The Morgan fingerprint density at radius 2 is 1.63 bits per heavy atom. The SMILES string of the molecule is C=CC.C=CC(=C)C.CC(=O)c1ccc(CNC(=O)OCCN(C)C)cc1. The number of alkyl carbamates (subject to hydrolysis) is 1. The lowest BCUT2D eigenvalue weighted by atomic mass is 10.1. The second-order valence-electron chi connectivity index (χ2n) is 6.00. The second kappa shape index (κ2) is 16.8. The van der Waals surface area contributed by atoms with E-state index in [-0.39, 0.29) is 5.78 Å². The largest absolute Gasteiger partial charge is 0.448 e. The summed E-state index contributed by atoms with van der Waals surface area (Å²) >= 11 is 0. The molecule has 0 radical (unpaired) electrons.